The Labute approximate surface area is 55.3 Å². The Hall–Kier alpha value is -0.520. The molecule has 0 amide bonds. The lowest BCUT2D eigenvalue weighted by Gasteiger charge is -2.20. The molecule has 3 aliphatic rings. The monoisotopic (exact) mass is 118 g/mol. The Morgan fingerprint density at radius 3 is 1.89 bits per heavy atom. The molecular formula is C9H10. The molecule has 0 aromatic carbocycles. The van der Waals surface area contributed by atoms with Gasteiger partial charge >= 0.3 is 0 Å². The Morgan fingerprint density at radius 2 is 1.56 bits per heavy atom. The summed E-state index contributed by atoms with van der Waals surface area (Å²) in [6.45, 7) is 0. The SMILES string of the molecule is C1=CC2=C1C1CCC2C1. The zero-order valence-electron chi connectivity index (χ0n) is 5.43. The van der Waals surface area contributed by atoms with E-state index in [1.807, 2.05) is 0 Å². The molecule has 0 aromatic rings. The summed E-state index contributed by atoms with van der Waals surface area (Å²) < 4.78 is 0. The molecule has 3 aliphatic carbocycles. The van der Waals surface area contributed by atoms with E-state index < -0.39 is 0 Å². The smallest absolute Gasteiger partial charge is 0.0153 e. The lowest BCUT2D eigenvalue weighted by atomic mass is 9.85. The molecule has 9 heavy (non-hydrogen) atoms. The van der Waals surface area contributed by atoms with Crippen LogP contribution in [-0.2, 0) is 0 Å². The van der Waals surface area contributed by atoms with Gasteiger partial charge in [-0.3, -0.25) is 0 Å². The highest BCUT2D eigenvalue weighted by Crippen LogP contribution is 2.52. The van der Waals surface area contributed by atoms with E-state index in [0.29, 0.717) is 0 Å². The van der Waals surface area contributed by atoms with Crippen molar-refractivity contribution in [3.8, 4) is 0 Å². The summed E-state index contributed by atoms with van der Waals surface area (Å²) in [5.41, 5.74) is 3.43. The first-order valence-electron chi connectivity index (χ1n) is 3.87. The normalized spacial score (nSPS) is 43.6. The number of allylic oxidation sites excluding steroid dienone is 4. The van der Waals surface area contributed by atoms with Crippen molar-refractivity contribution in [3.05, 3.63) is 23.3 Å². The summed E-state index contributed by atoms with van der Waals surface area (Å²) in [7, 11) is 0. The first-order valence-corrected chi connectivity index (χ1v) is 3.87. The van der Waals surface area contributed by atoms with Crippen molar-refractivity contribution in [2.45, 2.75) is 19.3 Å². The average molecular weight is 118 g/mol. The highest BCUT2D eigenvalue weighted by atomic mass is 14.4. The van der Waals surface area contributed by atoms with Crippen LogP contribution in [0.1, 0.15) is 19.3 Å². The molecule has 2 atom stereocenters. The molecule has 0 nitrogen and oxygen atoms in total. The van der Waals surface area contributed by atoms with Crippen LogP contribution in [0.15, 0.2) is 23.3 Å². The third-order valence-corrected chi connectivity index (χ3v) is 3.09. The van der Waals surface area contributed by atoms with Crippen molar-refractivity contribution in [2.75, 3.05) is 0 Å². The van der Waals surface area contributed by atoms with E-state index in [0.717, 1.165) is 11.8 Å². The van der Waals surface area contributed by atoms with Crippen molar-refractivity contribution in [3.63, 3.8) is 0 Å². The van der Waals surface area contributed by atoms with E-state index in [2.05, 4.69) is 12.2 Å². The molecule has 0 aromatic heterocycles. The summed E-state index contributed by atoms with van der Waals surface area (Å²) >= 11 is 0. The predicted octanol–water partition coefficient (Wildman–Crippen LogP) is 2.28. The van der Waals surface area contributed by atoms with Gasteiger partial charge in [0, 0.05) is 0 Å². The van der Waals surface area contributed by atoms with E-state index in [1.165, 1.54) is 19.3 Å². The first kappa shape index (κ1) is 4.32. The van der Waals surface area contributed by atoms with E-state index in [-0.39, 0.29) is 0 Å². The zero-order valence-corrected chi connectivity index (χ0v) is 5.43. The predicted molar refractivity (Wildman–Crippen MR) is 37.0 cm³/mol. The minimum absolute atomic E-state index is 0.995. The third-order valence-electron chi connectivity index (χ3n) is 3.09. The van der Waals surface area contributed by atoms with Gasteiger partial charge in [-0.2, -0.15) is 0 Å². The van der Waals surface area contributed by atoms with Crippen molar-refractivity contribution >= 4 is 0 Å². The largest absolute Gasteiger partial charge is 0.0582 e. The summed E-state index contributed by atoms with van der Waals surface area (Å²) in [6, 6.07) is 0. The van der Waals surface area contributed by atoms with Crippen LogP contribution in [0, 0.1) is 11.8 Å². The molecule has 0 N–H and O–H groups in total. The standard InChI is InChI=1S/C9H10/c1-2-7-5-6(1)8-3-4-9(7)8/h3-4,6-7H,1-2,5H2. The van der Waals surface area contributed by atoms with E-state index in [1.54, 1.807) is 11.1 Å². The maximum atomic E-state index is 2.32. The molecule has 3 rings (SSSR count). The molecule has 2 unspecified atom stereocenters. The summed E-state index contributed by atoms with van der Waals surface area (Å²) in [4.78, 5) is 0. The molecule has 2 bridgehead atoms. The maximum absolute atomic E-state index is 2.32. The van der Waals surface area contributed by atoms with Gasteiger partial charge in [0.2, 0.25) is 0 Å². The fourth-order valence-corrected chi connectivity index (χ4v) is 2.57. The van der Waals surface area contributed by atoms with Crippen LogP contribution in [0.3, 0.4) is 0 Å². The molecule has 0 saturated heterocycles. The fraction of sp³-hybridized carbons (Fsp3) is 0.556. The van der Waals surface area contributed by atoms with E-state index in [4.69, 9.17) is 0 Å². The van der Waals surface area contributed by atoms with Gasteiger partial charge in [-0.1, -0.05) is 12.2 Å². The lowest BCUT2D eigenvalue weighted by molar-refractivity contribution is 0.658. The van der Waals surface area contributed by atoms with Crippen molar-refractivity contribution < 1.29 is 0 Å². The number of rotatable bonds is 0. The Bertz CT molecular complexity index is 198. The molecule has 46 valence electrons. The highest BCUT2D eigenvalue weighted by Gasteiger charge is 2.39. The molecule has 0 radical (unpaired) electrons. The van der Waals surface area contributed by atoms with Gasteiger partial charge in [-0.05, 0) is 42.2 Å². The third kappa shape index (κ3) is 0.346. The Morgan fingerprint density at radius 1 is 1.00 bits per heavy atom. The molecule has 0 spiro atoms. The summed E-state index contributed by atoms with van der Waals surface area (Å²) in [5.74, 6) is 1.99. The van der Waals surface area contributed by atoms with Gasteiger partial charge in [-0.15, -0.1) is 0 Å². The number of fused-ring (bicyclic) bond motifs is 4. The van der Waals surface area contributed by atoms with Crippen molar-refractivity contribution in [1.82, 2.24) is 0 Å². The maximum Gasteiger partial charge on any atom is -0.0153 e. The second-order valence-corrected chi connectivity index (χ2v) is 3.45. The quantitative estimate of drug-likeness (QED) is 0.457. The molecule has 0 aliphatic heterocycles. The van der Waals surface area contributed by atoms with E-state index in [9.17, 15) is 0 Å². The van der Waals surface area contributed by atoms with Crippen LogP contribution in [0.25, 0.3) is 0 Å². The topological polar surface area (TPSA) is 0 Å². The molecular weight excluding hydrogens is 108 g/mol. The Balaban J connectivity index is 2.13. The highest BCUT2D eigenvalue weighted by molar-refractivity contribution is 5.52. The second kappa shape index (κ2) is 1.16. The van der Waals surface area contributed by atoms with Gasteiger partial charge < -0.3 is 0 Å². The lowest BCUT2D eigenvalue weighted by Crippen LogP contribution is -2.05. The van der Waals surface area contributed by atoms with Gasteiger partial charge in [-0.25, -0.2) is 0 Å². The fourth-order valence-electron chi connectivity index (χ4n) is 2.57. The van der Waals surface area contributed by atoms with Gasteiger partial charge in [0.05, 0.1) is 0 Å². The Kier molecular flexibility index (Phi) is 0.555. The second-order valence-electron chi connectivity index (χ2n) is 3.45. The van der Waals surface area contributed by atoms with Crippen LogP contribution in [-0.4, -0.2) is 0 Å². The average Bonchev–Trinajstić information content (AvgIpc) is 2.18. The molecule has 1 saturated carbocycles. The van der Waals surface area contributed by atoms with Crippen LogP contribution in [0.5, 0.6) is 0 Å². The van der Waals surface area contributed by atoms with Crippen LogP contribution in [0.4, 0.5) is 0 Å². The van der Waals surface area contributed by atoms with Crippen LogP contribution >= 0.6 is 0 Å². The van der Waals surface area contributed by atoms with Crippen molar-refractivity contribution in [1.29, 1.82) is 0 Å². The molecule has 0 heterocycles. The summed E-state index contributed by atoms with van der Waals surface area (Å²) in [6.07, 6.45) is 9.08. The van der Waals surface area contributed by atoms with Gasteiger partial charge in [0.15, 0.2) is 0 Å². The molecule has 1 fully saturated rings. The van der Waals surface area contributed by atoms with Gasteiger partial charge in [0.25, 0.3) is 0 Å². The van der Waals surface area contributed by atoms with Gasteiger partial charge in [0.1, 0.15) is 0 Å². The minimum atomic E-state index is 0.995. The summed E-state index contributed by atoms with van der Waals surface area (Å²) in [5, 5.41) is 0. The first-order chi connectivity index (χ1) is 4.45. The van der Waals surface area contributed by atoms with E-state index >= 15 is 0 Å². The minimum Gasteiger partial charge on any atom is -0.0582 e. The van der Waals surface area contributed by atoms with Crippen molar-refractivity contribution in [2.24, 2.45) is 11.8 Å². The number of hydrogen-bond acceptors (Lipinski definition) is 0. The van der Waals surface area contributed by atoms with Crippen LogP contribution < -0.4 is 0 Å². The zero-order chi connectivity index (χ0) is 5.84. The van der Waals surface area contributed by atoms with Crippen LogP contribution in [0.2, 0.25) is 0 Å². The number of hydrogen-bond donors (Lipinski definition) is 0. The molecule has 0 heteroatoms.